The molecule has 0 aromatic heterocycles. The maximum atomic E-state index is 10.9. The Balaban J connectivity index is 0.000000629. The number of hydrogen-bond acceptors (Lipinski definition) is 12. The van der Waals surface area contributed by atoms with Crippen LogP contribution >= 0.6 is 43.2 Å². The summed E-state index contributed by atoms with van der Waals surface area (Å²) in [5.74, 6) is -4.21. The van der Waals surface area contributed by atoms with Gasteiger partial charge in [0.15, 0.2) is 23.0 Å². The average molecular weight is 743 g/mol. The van der Waals surface area contributed by atoms with Gasteiger partial charge in [-0.1, -0.05) is 21.6 Å². The van der Waals surface area contributed by atoms with Crippen molar-refractivity contribution in [1.29, 1.82) is 0 Å². The second kappa shape index (κ2) is 18.1. The molecular weight excluding hydrogens is 711 g/mol. The van der Waals surface area contributed by atoms with Crippen molar-refractivity contribution in [3.05, 3.63) is 23.3 Å². The standard InChI is InChI=1S/C22H30N2O4S4.2C2HF3O2/c1-23(2)9-7-13-11-15(27-5)17(25)21-19(13)29-32-22-18(26)16(28-6)12-14(8-10-24(3)4)20(22)30-31-21;2*3-2(4,5)1(6)7/h11-12,25-26H,7-10H2,1-6H3;2*(H,6,7). The van der Waals surface area contributed by atoms with Gasteiger partial charge in [-0.2, -0.15) is 26.3 Å². The predicted molar refractivity (Wildman–Crippen MR) is 165 cm³/mol. The van der Waals surface area contributed by atoms with Crippen LogP contribution < -0.4 is 9.47 Å². The molecule has 0 unspecified atom stereocenters. The highest BCUT2D eigenvalue weighted by Gasteiger charge is 2.39. The molecule has 2 aromatic carbocycles. The Morgan fingerprint density at radius 1 is 0.652 bits per heavy atom. The SMILES string of the molecule is COc1cc(CCN(C)C)c2c(c1O)SSc1c(CCN(C)C)cc(OC)c(O)c1SS2.O=C(O)C(F)(F)F.O=C(O)C(F)(F)F. The number of rotatable bonds is 8. The number of halogens is 6. The topological polar surface area (TPSA) is 140 Å². The van der Waals surface area contributed by atoms with Crippen LogP contribution in [0.3, 0.4) is 0 Å². The Morgan fingerprint density at radius 2 is 0.913 bits per heavy atom. The van der Waals surface area contributed by atoms with Crippen LogP contribution in [0.1, 0.15) is 11.1 Å². The number of methoxy groups -OCH3 is 2. The molecule has 1 heterocycles. The Bertz CT molecular complexity index is 1260. The fourth-order valence-corrected chi connectivity index (χ4v) is 9.43. The first-order chi connectivity index (χ1) is 21.1. The highest BCUT2D eigenvalue weighted by atomic mass is 33.1. The fourth-order valence-electron chi connectivity index (χ4n) is 3.19. The van der Waals surface area contributed by atoms with Gasteiger partial charge in [-0.3, -0.25) is 0 Å². The number of carboxylic acid groups (broad SMARTS) is 2. The summed E-state index contributed by atoms with van der Waals surface area (Å²) in [4.78, 5) is 25.7. The molecular formula is C26H32F6N2O8S4. The number of carbonyl (C=O) groups is 2. The first-order valence-corrected chi connectivity index (χ1v) is 16.9. The van der Waals surface area contributed by atoms with Gasteiger partial charge in [-0.25, -0.2) is 9.59 Å². The molecule has 0 aliphatic carbocycles. The lowest BCUT2D eigenvalue weighted by molar-refractivity contribution is -0.193. The summed E-state index contributed by atoms with van der Waals surface area (Å²) in [6.45, 7) is 1.77. The van der Waals surface area contributed by atoms with E-state index in [1.165, 1.54) is 21.6 Å². The van der Waals surface area contributed by atoms with Crippen molar-refractivity contribution >= 4 is 55.1 Å². The number of alkyl halides is 6. The highest BCUT2D eigenvalue weighted by molar-refractivity contribution is 8.79. The summed E-state index contributed by atoms with van der Waals surface area (Å²) in [7, 11) is 17.5. The second-order valence-electron chi connectivity index (χ2n) is 9.54. The molecule has 1 aliphatic heterocycles. The van der Waals surface area contributed by atoms with Crippen molar-refractivity contribution in [2.45, 2.75) is 44.8 Å². The molecule has 0 saturated carbocycles. The monoisotopic (exact) mass is 742 g/mol. The molecule has 260 valence electrons. The third-order valence-corrected chi connectivity index (χ3v) is 10.8. The van der Waals surface area contributed by atoms with Crippen LogP contribution in [0.4, 0.5) is 26.3 Å². The van der Waals surface area contributed by atoms with E-state index in [1.807, 2.05) is 40.3 Å². The average Bonchev–Trinajstić information content (AvgIpc) is 2.92. The minimum atomic E-state index is -5.08. The molecule has 0 fully saturated rings. The number of phenols is 2. The molecule has 2 aromatic rings. The fraction of sp³-hybridized carbons (Fsp3) is 0.462. The van der Waals surface area contributed by atoms with Crippen molar-refractivity contribution < 1.29 is 65.8 Å². The Morgan fingerprint density at radius 3 is 1.13 bits per heavy atom. The highest BCUT2D eigenvalue weighted by Crippen LogP contribution is 2.61. The minimum Gasteiger partial charge on any atom is -0.503 e. The molecule has 3 rings (SSSR count). The zero-order valence-electron chi connectivity index (χ0n) is 25.2. The minimum absolute atomic E-state index is 0.165. The van der Waals surface area contributed by atoms with E-state index in [0.29, 0.717) is 11.5 Å². The number of nitrogens with zero attached hydrogens (tertiary/aromatic N) is 2. The molecule has 0 atom stereocenters. The first kappa shape index (κ1) is 41.5. The lowest BCUT2D eigenvalue weighted by Crippen LogP contribution is -2.21. The number of ether oxygens (including phenoxy) is 2. The largest absolute Gasteiger partial charge is 0.503 e. The van der Waals surface area contributed by atoms with Crippen LogP contribution in [0.15, 0.2) is 31.7 Å². The lowest BCUT2D eigenvalue weighted by Gasteiger charge is -2.23. The molecule has 10 nitrogen and oxygen atoms in total. The van der Waals surface area contributed by atoms with Crippen LogP contribution in [0.25, 0.3) is 0 Å². The van der Waals surface area contributed by atoms with E-state index in [4.69, 9.17) is 29.3 Å². The van der Waals surface area contributed by atoms with Gasteiger partial charge >= 0.3 is 24.3 Å². The van der Waals surface area contributed by atoms with Gasteiger partial charge in [0, 0.05) is 22.9 Å². The molecule has 1 aliphatic rings. The molecule has 0 saturated heterocycles. The second-order valence-corrected chi connectivity index (χ2v) is 13.8. The normalized spacial score (nSPS) is 12.8. The number of benzene rings is 2. The Hall–Kier alpha value is -2.52. The number of aromatic hydroxyl groups is 2. The molecule has 0 spiro atoms. The van der Waals surface area contributed by atoms with Crippen molar-refractivity contribution in [2.75, 3.05) is 55.5 Å². The number of carboxylic acids is 2. The zero-order chi connectivity index (χ0) is 35.6. The van der Waals surface area contributed by atoms with Crippen LogP contribution in [-0.4, -0.2) is 110 Å². The molecule has 0 bridgehead atoms. The van der Waals surface area contributed by atoms with Gasteiger partial charge in [0.05, 0.1) is 24.0 Å². The van der Waals surface area contributed by atoms with E-state index >= 15 is 0 Å². The number of aliphatic carboxylic acids is 2. The number of phenolic OH excluding ortho intramolecular Hbond substituents is 2. The molecule has 4 N–H and O–H groups in total. The van der Waals surface area contributed by atoms with Crippen LogP contribution in [0.5, 0.6) is 23.0 Å². The van der Waals surface area contributed by atoms with Gasteiger partial charge in [-0.05, 0) is 85.9 Å². The third kappa shape index (κ3) is 12.6. The van der Waals surface area contributed by atoms with Gasteiger partial charge in [0.25, 0.3) is 0 Å². The van der Waals surface area contributed by atoms with Crippen molar-refractivity contribution in [3.63, 3.8) is 0 Å². The summed E-state index contributed by atoms with van der Waals surface area (Å²) in [5, 5.41) is 36.1. The zero-order valence-corrected chi connectivity index (χ0v) is 28.5. The Labute approximate surface area is 276 Å². The van der Waals surface area contributed by atoms with Crippen molar-refractivity contribution in [3.8, 4) is 23.0 Å². The number of likely N-dealkylation sites (N-methyl/N-ethyl adjacent to an activating group) is 2. The lowest BCUT2D eigenvalue weighted by atomic mass is 10.1. The van der Waals surface area contributed by atoms with Crippen molar-refractivity contribution in [1.82, 2.24) is 9.80 Å². The van der Waals surface area contributed by atoms with E-state index in [9.17, 15) is 36.6 Å². The molecule has 0 radical (unpaired) electrons. The maximum absolute atomic E-state index is 10.9. The third-order valence-electron chi connectivity index (χ3n) is 5.50. The van der Waals surface area contributed by atoms with Gasteiger partial charge < -0.3 is 39.7 Å². The summed E-state index contributed by atoms with van der Waals surface area (Å²) >= 11 is 0. The smallest absolute Gasteiger partial charge is 0.490 e. The van der Waals surface area contributed by atoms with E-state index in [1.54, 1.807) is 35.8 Å². The Kier molecular flexibility index (Phi) is 16.4. The van der Waals surface area contributed by atoms with E-state index < -0.39 is 24.3 Å². The molecule has 0 amide bonds. The predicted octanol–water partition coefficient (Wildman–Crippen LogP) is 6.50. The number of fused-ring (bicyclic) bond motifs is 2. The van der Waals surface area contributed by atoms with E-state index in [0.717, 1.165) is 56.6 Å². The van der Waals surface area contributed by atoms with Gasteiger partial charge in [-0.15, -0.1) is 0 Å². The summed E-state index contributed by atoms with van der Waals surface area (Å²) in [5.41, 5.74) is 2.24. The van der Waals surface area contributed by atoms with Crippen molar-refractivity contribution in [2.24, 2.45) is 0 Å². The van der Waals surface area contributed by atoms with Crippen LogP contribution in [0.2, 0.25) is 0 Å². The van der Waals surface area contributed by atoms with Crippen LogP contribution in [0, 0.1) is 0 Å². The number of hydrogen-bond donors (Lipinski definition) is 4. The first-order valence-electron chi connectivity index (χ1n) is 12.6. The quantitative estimate of drug-likeness (QED) is 0.173. The van der Waals surface area contributed by atoms with E-state index in [-0.39, 0.29) is 11.5 Å². The van der Waals surface area contributed by atoms with Gasteiger partial charge in [0.1, 0.15) is 0 Å². The molecule has 46 heavy (non-hydrogen) atoms. The summed E-state index contributed by atoms with van der Waals surface area (Å²) < 4.78 is 74.4. The summed E-state index contributed by atoms with van der Waals surface area (Å²) in [6, 6.07) is 3.85. The maximum Gasteiger partial charge on any atom is 0.490 e. The van der Waals surface area contributed by atoms with Crippen LogP contribution in [-0.2, 0) is 22.4 Å². The molecule has 20 heteroatoms. The van der Waals surface area contributed by atoms with E-state index in [2.05, 4.69) is 9.80 Å². The van der Waals surface area contributed by atoms with Gasteiger partial charge in [0.2, 0.25) is 0 Å². The summed E-state index contributed by atoms with van der Waals surface area (Å²) in [6.07, 6.45) is -8.51.